The largest absolute Gasteiger partial charge is 0.484 e. The molecule has 1 heterocycles. The first kappa shape index (κ1) is 20.6. The second-order valence-corrected chi connectivity index (χ2v) is 7.30. The van der Waals surface area contributed by atoms with Crippen LogP contribution in [0.15, 0.2) is 54.6 Å². The maximum Gasteiger partial charge on any atom is 0.226 e. The van der Waals surface area contributed by atoms with Gasteiger partial charge in [0.05, 0.1) is 5.69 Å². The molecule has 2 aromatic carbocycles. The van der Waals surface area contributed by atoms with Gasteiger partial charge < -0.3 is 15.4 Å². The Labute approximate surface area is 165 Å². The molecule has 2 unspecified atom stereocenters. The number of ether oxygens (including phenoxy) is 1. The zero-order chi connectivity index (χ0) is 17.5. The molecule has 1 aliphatic heterocycles. The van der Waals surface area contributed by atoms with Crippen LogP contribution in [0.3, 0.4) is 0 Å². The van der Waals surface area contributed by atoms with Gasteiger partial charge in [0.25, 0.3) is 0 Å². The van der Waals surface area contributed by atoms with Crippen molar-refractivity contribution in [1.29, 1.82) is 0 Å². The second-order valence-electron chi connectivity index (χ2n) is 6.15. The average Bonchev–Trinajstić information content (AvgIpc) is 2.65. The van der Waals surface area contributed by atoms with Crippen molar-refractivity contribution in [2.45, 2.75) is 25.5 Å². The molecule has 0 radical (unpaired) electrons. The molecule has 26 heavy (non-hydrogen) atoms. The predicted molar refractivity (Wildman–Crippen MR) is 112 cm³/mol. The third-order valence-electron chi connectivity index (χ3n) is 4.16. The minimum atomic E-state index is -0.0873. The molecule has 0 saturated carbocycles. The fraction of sp³-hybridized carbons (Fsp3) is 0.350. The van der Waals surface area contributed by atoms with E-state index in [9.17, 15) is 4.79 Å². The smallest absolute Gasteiger partial charge is 0.226 e. The SMILES string of the molecule is CC(Oc1ccccc1NC(=O)CC1CSCCN1)c1ccccc1.Cl. The number of nitrogens with one attached hydrogen (secondary N) is 2. The Hall–Kier alpha value is -1.69. The number of thioether (sulfide) groups is 1. The number of carbonyl (C=O) groups excluding carboxylic acids is 1. The summed E-state index contributed by atoms with van der Waals surface area (Å²) in [7, 11) is 0. The van der Waals surface area contributed by atoms with Gasteiger partial charge >= 0.3 is 0 Å². The normalized spacial score (nSPS) is 17.7. The summed E-state index contributed by atoms with van der Waals surface area (Å²) < 4.78 is 6.09. The third-order valence-corrected chi connectivity index (χ3v) is 5.29. The number of anilines is 1. The van der Waals surface area contributed by atoms with Crippen molar-refractivity contribution in [1.82, 2.24) is 5.32 Å². The van der Waals surface area contributed by atoms with Gasteiger partial charge in [-0.2, -0.15) is 11.8 Å². The van der Waals surface area contributed by atoms with Gasteiger partial charge in [0.2, 0.25) is 5.91 Å². The maximum atomic E-state index is 12.4. The number of rotatable bonds is 6. The van der Waals surface area contributed by atoms with E-state index in [-0.39, 0.29) is 30.5 Å². The number of carbonyl (C=O) groups is 1. The van der Waals surface area contributed by atoms with Gasteiger partial charge in [-0.05, 0) is 24.6 Å². The van der Waals surface area contributed by atoms with Gasteiger partial charge in [-0.15, -0.1) is 12.4 Å². The molecule has 6 heteroatoms. The van der Waals surface area contributed by atoms with Crippen molar-refractivity contribution in [3.05, 3.63) is 60.2 Å². The van der Waals surface area contributed by atoms with Gasteiger partial charge in [-0.25, -0.2) is 0 Å². The van der Waals surface area contributed by atoms with E-state index in [4.69, 9.17) is 4.74 Å². The molecular weight excluding hydrogens is 368 g/mol. The Kier molecular flexibility index (Phi) is 8.29. The Balaban J connectivity index is 0.00000243. The van der Waals surface area contributed by atoms with E-state index >= 15 is 0 Å². The van der Waals surface area contributed by atoms with Crippen molar-refractivity contribution >= 4 is 35.8 Å². The fourth-order valence-electron chi connectivity index (χ4n) is 2.83. The second kappa shape index (κ2) is 10.5. The highest BCUT2D eigenvalue weighted by atomic mass is 35.5. The van der Waals surface area contributed by atoms with Gasteiger partial charge in [-0.3, -0.25) is 4.79 Å². The van der Waals surface area contributed by atoms with E-state index in [0.717, 1.165) is 29.3 Å². The number of benzene rings is 2. The predicted octanol–water partition coefficient (Wildman–Crippen LogP) is 4.28. The highest BCUT2D eigenvalue weighted by Crippen LogP contribution is 2.29. The van der Waals surface area contributed by atoms with Gasteiger partial charge in [-0.1, -0.05) is 42.5 Å². The Morgan fingerprint density at radius 1 is 1.23 bits per heavy atom. The summed E-state index contributed by atoms with van der Waals surface area (Å²) in [5.74, 6) is 2.81. The summed E-state index contributed by atoms with van der Waals surface area (Å²) in [5, 5.41) is 6.39. The van der Waals surface area contributed by atoms with Crippen LogP contribution in [-0.4, -0.2) is 30.0 Å². The lowest BCUT2D eigenvalue weighted by atomic mass is 10.1. The third kappa shape index (κ3) is 5.94. The minimum Gasteiger partial charge on any atom is -0.484 e. The van der Waals surface area contributed by atoms with Crippen molar-refractivity contribution in [3.8, 4) is 5.75 Å². The number of amides is 1. The highest BCUT2D eigenvalue weighted by molar-refractivity contribution is 7.99. The molecule has 4 nitrogen and oxygen atoms in total. The van der Waals surface area contributed by atoms with Crippen LogP contribution in [0, 0.1) is 0 Å². The molecule has 1 saturated heterocycles. The molecule has 2 N–H and O–H groups in total. The molecule has 1 amide bonds. The van der Waals surface area contributed by atoms with E-state index in [2.05, 4.69) is 10.6 Å². The Morgan fingerprint density at radius 2 is 1.96 bits per heavy atom. The summed E-state index contributed by atoms with van der Waals surface area (Å²) in [4.78, 5) is 12.4. The number of hydrogen-bond donors (Lipinski definition) is 2. The zero-order valence-corrected chi connectivity index (χ0v) is 16.4. The van der Waals surface area contributed by atoms with E-state index in [0.29, 0.717) is 12.2 Å². The summed E-state index contributed by atoms with van der Waals surface area (Å²) in [6.45, 7) is 2.98. The van der Waals surface area contributed by atoms with Crippen LogP contribution in [0.1, 0.15) is 25.0 Å². The van der Waals surface area contributed by atoms with Crippen LogP contribution in [0.5, 0.6) is 5.75 Å². The van der Waals surface area contributed by atoms with Crippen LogP contribution in [-0.2, 0) is 4.79 Å². The molecule has 2 aromatic rings. The van der Waals surface area contributed by atoms with Crippen LogP contribution >= 0.6 is 24.2 Å². The molecule has 0 aliphatic carbocycles. The molecule has 0 spiro atoms. The first-order chi connectivity index (χ1) is 12.2. The van der Waals surface area contributed by atoms with Crippen molar-refractivity contribution in [2.75, 3.05) is 23.4 Å². The highest BCUT2D eigenvalue weighted by Gasteiger charge is 2.18. The molecular formula is C20H25ClN2O2S. The molecule has 1 fully saturated rings. The Bertz CT molecular complexity index is 693. The Morgan fingerprint density at radius 3 is 2.69 bits per heavy atom. The molecule has 0 aromatic heterocycles. The summed E-state index contributed by atoms with van der Waals surface area (Å²) in [6, 6.07) is 17.9. The first-order valence-corrected chi connectivity index (χ1v) is 9.79. The van der Waals surface area contributed by atoms with Crippen LogP contribution < -0.4 is 15.4 Å². The van der Waals surface area contributed by atoms with Crippen LogP contribution in [0.2, 0.25) is 0 Å². The van der Waals surface area contributed by atoms with E-state index in [1.165, 1.54) is 0 Å². The average molecular weight is 393 g/mol. The number of hydrogen-bond acceptors (Lipinski definition) is 4. The zero-order valence-electron chi connectivity index (χ0n) is 14.8. The quantitative estimate of drug-likeness (QED) is 0.770. The van der Waals surface area contributed by atoms with Crippen molar-refractivity contribution in [2.24, 2.45) is 0 Å². The van der Waals surface area contributed by atoms with Gasteiger partial charge in [0.1, 0.15) is 11.9 Å². The standard InChI is InChI=1S/C20H24N2O2S.ClH/c1-15(16-7-3-2-4-8-16)24-19-10-6-5-9-18(19)22-20(23)13-17-14-25-12-11-21-17;/h2-10,15,17,21H,11-14H2,1H3,(H,22,23);1H. The molecule has 0 bridgehead atoms. The van der Waals surface area contributed by atoms with E-state index < -0.39 is 0 Å². The van der Waals surface area contributed by atoms with Crippen LogP contribution in [0.25, 0.3) is 0 Å². The van der Waals surface area contributed by atoms with Crippen molar-refractivity contribution < 1.29 is 9.53 Å². The lowest BCUT2D eigenvalue weighted by Crippen LogP contribution is -2.39. The fourth-order valence-corrected chi connectivity index (χ4v) is 3.78. The van der Waals surface area contributed by atoms with Gasteiger partial charge in [0.15, 0.2) is 0 Å². The lowest BCUT2D eigenvalue weighted by molar-refractivity contribution is -0.116. The summed E-state index contributed by atoms with van der Waals surface area (Å²) >= 11 is 1.89. The van der Waals surface area contributed by atoms with E-state index in [1.807, 2.05) is 73.3 Å². The summed E-state index contributed by atoms with van der Waals surface area (Å²) in [5.41, 5.74) is 1.82. The molecule has 140 valence electrons. The van der Waals surface area contributed by atoms with Crippen LogP contribution in [0.4, 0.5) is 5.69 Å². The minimum absolute atomic E-state index is 0. The van der Waals surface area contributed by atoms with E-state index in [1.54, 1.807) is 0 Å². The molecule has 3 rings (SSSR count). The first-order valence-electron chi connectivity index (χ1n) is 8.64. The number of para-hydroxylation sites is 2. The molecule has 2 atom stereocenters. The lowest BCUT2D eigenvalue weighted by Gasteiger charge is -2.23. The molecule has 1 aliphatic rings. The monoisotopic (exact) mass is 392 g/mol. The van der Waals surface area contributed by atoms with Crippen molar-refractivity contribution in [3.63, 3.8) is 0 Å². The van der Waals surface area contributed by atoms with Gasteiger partial charge in [0, 0.05) is 30.5 Å². The maximum absolute atomic E-state index is 12.4. The number of halogens is 1. The summed E-state index contributed by atoms with van der Waals surface area (Å²) in [6.07, 6.45) is 0.394. The topological polar surface area (TPSA) is 50.4 Å².